The Hall–Kier alpha value is -1.20. The minimum Gasteiger partial charge on any atom is -0.475 e. The number of aromatic nitrogens is 1. The number of nitrogens with zero attached hydrogens (tertiary/aromatic N) is 1. The highest BCUT2D eigenvalue weighted by Gasteiger charge is 2.12. The second-order valence-electron chi connectivity index (χ2n) is 3.17. The molecule has 2 rings (SSSR count). The van der Waals surface area contributed by atoms with Gasteiger partial charge in [-0.2, -0.15) is 4.37 Å². The van der Waals surface area contributed by atoms with Gasteiger partial charge in [0.25, 0.3) is 0 Å². The minimum absolute atomic E-state index is 0.236. The van der Waals surface area contributed by atoms with Crippen LogP contribution >= 0.6 is 11.5 Å². The number of halogens is 1. The van der Waals surface area contributed by atoms with Gasteiger partial charge in [0.15, 0.2) is 0 Å². The third-order valence-corrected chi connectivity index (χ3v) is 2.95. The first-order chi connectivity index (χ1) is 7.24. The van der Waals surface area contributed by atoms with Crippen LogP contribution in [0.25, 0.3) is 10.1 Å². The summed E-state index contributed by atoms with van der Waals surface area (Å²) in [7, 11) is 0. The number of rotatable bonds is 3. The highest BCUT2D eigenvalue weighted by molar-refractivity contribution is 7.13. The Labute approximate surface area is 90.8 Å². The molecule has 0 aliphatic heterocycles. The number of nitrogens with two attached hydrogens (primary N) is 1. The average molecular weight is 226 g/mol. The Morgan fingerprint density at radius 3 is 3.07 bits per heavy atom. The molecule has 80 valence electrons. The molecular weight excluding hydrogens is 215 g/mol. The van der Waals surface area contributed by atoms with E-state index in [1.807, 2.05) is 0 Å². The summed E-state index contributed by atoms with van der Waals surface area (Å²) in [6.45, 7) is 2.55. The lowest BCUT2D eigenvalue weighted by Gasteiger charge is -2.03. The van der Waals surface area contributed by atoms with Crippen LogP contribution in [0.4, 0.5) is 4.39 Å². The Morgan fingerprint density at radius 2 is 2.33 bits per heavy atom. The second kappa shape index (κ2) is 4.12. The lowest BCUT2D eigenvalue weighted by atomic mass is 10.1. The standard InChI is InChI=1S/C10H11FN2OS/c1-6-7(11)2-3-8-9(6)10(13-15-8)14-5-4-12/h2-3H,4-5,12H2,1H3. The molecule has 5 heteroatoms. The molecule has 0 amide bonds. The first-order valence-corrected chi connectivity index (χ1v) is 5.38. The number of hydrogen-bond acceptors (Lipinski definition) is 4. The van der Waals surface area contributed by atoms with Crippen LogP contribution in [0.5, 0.6) is 5.88 Å². The van der Waals surface area contributed by atoms with Crippen LogP contribution in [-0.2, 0) is 0 Å². The molecule has 0 bridgehead atoms. The van der Waals surface area contributed by atoms with Gasteiger partial charge in [-0.15, -0.1) is 0 Å². The van der Waals surface area contributed by atoms with E-state index in [2.05, 4.69) is 4.37 Å². The van der Waals surface area contributed by atoms with Gasteiger partial charge in [-0.25, -0.2) is 4.39 Å². The molecule has 1 aromatic heterocycles. The van der Waals surface area contributed by atoms with E-state index in [4.69, 9.17) is 10.5 Å². The van der Waals surface area contributed by atoms with E-state index in [0.29, 0.717) is 24.6 Å². The molecule has 0 aliphatic rings. The fourth-order valence-electron chi connectivity index (χ4n) is 1.39. The van der Waals surface area contributed by atoms with Crippen molar-refractivity contribution in [3.63, 3.8) is 0 Å². The van der Waals surface area contributed by atoms with Crippen LogP contribution in [0.15, 0.2) is 12.1 Å². The lowest BCUT2D eigenvalue weighted by molar-refractivity contribution is 0.322. The quantitative estimate of drug-likeness (QED) is 0.871. The van der Waals surface area contributed by atoms with E-state index in [1.54, 1.807) is 13.0 Å². The molecule has 0 atom stereocenters. The van der Waals surface area contributed by atoms with Crippen molar-refractivity contribution in [1.29, 1.82) is 0 Å². The van der Waals surface area contributed by atoms with Gasteiger partial charge < -0.3 is 10.5 Å². The Morgan fingerprint density at radius 1 is 1.53 bits per heavy atom. The van der Waals surface area contributed by atoms with Crippen molar-refractivity contribution >= 4 is 21.6 Å². The predicted octanol–water partition coefficient (Wildman–Crippen LogP) is 2.08. The van der Waals surface area contributed by atoms with Crippen LogP contribution in [-0.4, -0.2) is 17.5 Å². The van der Waals surface area contributed by atoms with Gasteiger partial charge in [-0.1, -0.05) is 0 Å². The molecule has 15 heavy (non-hydrogen) atoms. The van der Waals surface area contributed by atoms with Gasteiger partial charge in [0, 0.05) is 6.54 Å². The molecular formula is C10H11FN2OS. The maximum absolute atomic E-state index is 13.3. The molecule has 0 radical (unpaired) electrons. The van der Waals surface area contributed by atoms with Crippen molar-refractivity contribution in [3.05, 3.63) is 23.5 Å². The van der Waals surface area contributed by atoms with E-state index in [1.165, 1.54) is 17.6 Å². The van der Waals surface area contributed by atoms with Gasteiger partial charge >= 0.3 is 0 Å². The third-order valence-electron chi connectivity index (χ3n) is 2.16. The first-order valence-electron chi connectivity index (χ1n) is 4.61. The molecule has 2 aromatic rings. The summed E-state index contributed by atoms with van der Waals surface area (Å²) in [5.41, 5.74) is 5.91. The molecule has 0 unspecified atom stereocenters. The molecule has 1 aromatic carbocycles. The Bertz CT molecular complexity index is 483. The number of benzene rings is 1. The number of aryl methyl sites for hydroxylation is 1. The van der Waals surface area contributed by atoms with Crippen LogP contribution in [0.3, 0.4) is 0 Å². The van der Waals surface area contributed by atoms with Crippen molar-refractivity contribution in [1.82, 2.24) is 4.37 Å². The summed E-state index contributed by atoms with van der Waals surface area (Å²) in [6, 6.07) is 3.16. The zero-order valence-corrected chi connectivity index (χ0v) is 9.10. The van der Waals surface area contributed by atoms with Crippen LogP contribution < -0.4 is 10.5 Å². The van der Waals surface area contributed by atoms with Crippen molar-refractivity contribution in [2.24, 2.45) is 5.73 Å². The number of ether oxygens (including phenoxy) is 1. The van der Waals surface area contributed by atoms with Crippen LogP contribution in [0.2, 0.25) is 0 Å². The first kappa shape index (κ1) is 10.3. The van der Waals surface area contributed by atoms with Crippen molar-refractivity contribution < 1.29 is 9.13 Å². The van der Waals surface area contributed by atoms with Gasteiger partial charge in [-0.05, 0) is 36.2 Å². The summed E-state index contributed by atoms with van der Waals surface area (Å²) in [4.78, 5) is 0. The van der Waals surface area contributed by atoms with Gasteiger partial charge in [0.1, 0.15) is 12.4 Å². The summed E-state index contributed by atoms with van der Waals surface area (Å²) < 4.78 is 23.7. The number of hydrogen-bond donors (Lipinski definition) is 1. The highest BCUT2D eigenvalue weighted by Crippen LogP contribution is 2.32. The fraction of sp³-hybridized carbons (Fsp3) is 0.300. The second-order valence-corrected chi connectivity index (χ2v) is 3.98. The molecule has 0 aliphatic carbocycles. The largest absolute Gasteiger partial charge is 0.475 e. The van der Waals surface area contributed by atoms with Crippen molar-refractivity contribution in [2.75, 3.05) is 13.2 Å². The third kappa shape index (κ3) is 1.80. The minimum atomic E-state index is -0.236. The van der Waals surface area contributed by atoms with E-state index >= 15 is 0 Å². The summed E-state index contributed by atoms with van der Waals surface area (Å²) in [6.07, 6.45) is 0. The molecule has 2 N–H and O–H groups in total. The lowest BCUT2D eigenvalue weighted by Crippen LogP contribution is -2.10. The van der Waals surface area contributed by atoms with Gasteiger partial charge in [-0.3, -0.25) is 0 Å². The zero-order valence-electron chi connectivity index (χ0n) is 8.29. The monoisotopic (exact) mass is 226 g/mol. The van der Waals surface area contributed by atoms with Gasteiger partial charge in [0.2, 0.25) is 5.88 Å². The molecule has 0 fully saturated rings. The average Bonchev–Trinajstić information content (AvgIpc) is 2.64. The van der Waals surface area contributed by atoms with Crippen molar-refractivity contribution in [3.8, 4) is 5.88 Å². The summed E-state index contributed by atoms with van der Waals surface area (Å²) in [5.74, 6) is 0.248. The van der Waals surface area contributed by atoms with E-state index in [9.17, 15) is 4.39 Å². The SMILES string of the molecule is Cc1c(F)ccc2snc(OCCN)c12. The molecule has 1 heterocycles. The van der Waals surface area contributed by atoms with Crippen LogP contribution in [0, 0.1) is 12.7 Å². The molecule has 0 spiro atoms. The zero-order chi connectivity index (χ0) is 10.8. The van der Waals surface area contributed by atoms with E-state index in [-0.39, 0.29) is 5.82 Å². The van der Waals surface area contributed by atoms with Crippen LogP contribution in [0.1, 0.15) is 5.56 Å². The number of fused-ring (bicyclic) bond motifs is 1. The fourth-order valence-corrected chi connectivity index (χ4v) is 2.18. The normalized spacial score (nSPS) is 10.9. The predicted molar refractivity (Wildman–Crippen MR) is 58.9 cm³/mol. The van der Waals surface area contributed by atoms with E-state index < -0.39 is 0 Å². The topological polar surface area (TPSA) is 48.1 Å². The smallest absolute Gasteiger partial charge is 0.233 e. The maximum Gasteiger partial charge on any atom is 0.233 e. The summed E-state index contributed by atoms with van der Waals surface area (Å²) >= 11 is 1.30. The highest BCUT2D eigenvalue weighted by atomic mass is 32.1. The summed E-state index contributed by atoms with van der Waals surface area (Å²) in [5, 5.41) is 0.758. The van der Waals surface area contributed by atoms with Crippen molar-refractivity contribution in [2.45, 2.75) is 6.92 Å². The Balaban J connectivity index is 2.51. The maximum atomic E-state index is 13.3. The van der Waals surface area contributed by atoms with Gasteiger partial charge in [0.05, 0.1) is 10.1 Å². The van der Waals surface area contributed by atoms with E-state index in [0.717, 1.165) is 10.1 Å². The molecule has 3 nitrogen and oxygen atoms in total. The molecule has 0 saturated heterocycles. The molecule has 0 saturated carbocycles. The Kier molecular flexibility index (Phi) is 2.83.